The number of anilines is 1. The highest BCUT2D eigenvalue weighted by atomic mass is 16.5. The van der Waals surface area contributed by atoms with E-state index in [2.05, 4.69) is 67.1 Å². The lowest BCUT2D eigenvalue weighted by atomic mass is 10.1. The van der Waals surface area contributed by atoms with Crippen LogP contribution in [0.2, 0.25) is 0 Å². The van der Waals surface area contributed by atoms with Crippen molar-refractivity contribution in [2.24, 2.45) is 0 Å². The van der Waals surface area contributed by atoms with Crippen molar-refractivity contribution in [1.29, 1.82) is 0 Å². The second kappa shape index (κ2) is 6.14. The smallest absolute Gasteiger partial charge is 0.226 e. The predicted octanol–water partition coefficient (Wildman–Crippen LogP) is 2.92. The molecule has 23 heavy (non-hydrogen) atoms. The molecule has 0 bridgehead atoms. The minimum absolute atomic E-state index is 0.0967. The van der Waals surface area contributed by atoms with E-state index >= 15 is 0 Å². The number of nitrogens with zero attached hydrogens (tertiary/aromatic N) is 5. The van der Waals surface area contributed by atoms with Crippen molar-refractivity contribution in [3.63, 3.8) is 0 Å². The molecule has 2 aromatic rings. The third-order valence-corrected chi connectivity index (χ3v) is 2.91. The number of aryl methyl sites for hydroxylation is 1. The second-order valence-corrected chi connectivity index (χ2v) is 7.66. The van der Waals surface area contributed by atoms with Gasteiger partial charge in [0.25, 0.3) is 0 Å². The zero-order valence-electron chi connectivity index (χ0n) is 15.0. The molecule has 0 saturated heterocycles. The van der Waals surface area contributed by atoms with E-state index in [1.165, 1.54) is 0 Å². The zero-order chi connectivity index (χ0) is 17.3. The molecular formula is C16H26N6O. The van der Waals surface area contributed by atoms with Crippen molar-refractivity contribution in [2.75, 3.05) is 5.32 Å². The Balaban J connectivity index is 2.07. The number of hydrogen-bond acceptors (Lipinski definition) is 6. The molecule has 0 fully saturated rings. The van der Waals surface area contributed by atoms with E-state index in [0.29, 0.717) is 18.4 Å². The first kappa shape index (κ1) is 17.2. The van der Waals surface area contributed by atoms with Gasteiger partial charge in [-0.3, -0.25) is 0 Å². The van der Waals surface area contributed by atoms with Gasteiger partial charge in [0, 0.05) is 17.3 Å². The topological polar surface area (TPSA) is 77.8 Å². The van der Waals surface area contributed by atoms with E-state index in [9.17, 15) is 0 Å². The minimum atomic E-state index is -0.111. The van der Waals surface area contributed by atoms with Gasteiger partial charge in [-0.1, -0.05) is 5.21 Å². The highest BCUT2D eigenvalue weighted by Crippen LogP contribution is 2.17. The molecule has 0 radical (unpaired) electrons. The quantitative estimate of drug-likeness (QED) is 0.934. The van der Waals surface area contributed by atoms with Crippen LogP contribution in [0.1, 0.15) is 52.9 Å². The Labute approximate surface area is 137 Å². The molecule has 0 aliphatic carbocycles. The summed E-state index contributed by atoms with van der Waals surface area (Å²) >= 11 is 0. The molecule has 0 saturated carbocycles. The minimum Gasteiger partial charge on any atom is -0.471 e. The Morgan fingerprint density at radius 1 is 1.13 bits per heavy atom. The van der Waals surface area contributed by atoms with Gasteiger partial charge >= 0.3 is 0 Å². The number of aromatic nitrogens is 5. The van der Waals surface area contributed by atoms with Crippen LogP contribution in [0.15, 0.2) is 12.3 Å². The Morgan fingerprint density at radius 3 is 2.39 bits per heavy atom. The van der Waals surface area contributed by atoms with Gasteiger partial charge in [0.1, 0.15) is 12.3 Å². The molecule has 0 aromatic carbocycles. The van der Waals surface area contributed by atoms with E-state index in [-0.39, 0.29) is 11.1 Å². The Hall–Kier alpha value is -2.18. The SMILES string of the molecule is Cc1cc(OCc2cn(C(C)(C)C)nn2)nc(NC(C)(C)C)n1. The average molecular weight is 318 g/mol. The lowest BCUT2D eigenvalue weighted by Crippen LogP contribution is -2.27. The lowest BCUT2D eigenvalue weighted by molar-refractivity contribution is 0.288. The van der Waals surface area contributed by atoms with Crippen LogP contribution in [0.5, 0.6) is 5.88 Å². The summed E-state index contributed by atoms with van der Waals surface area (Å²) in [6, 6.07) is 1.81. The maximum absolute atomic E-state index is 5.75. The van der Waals surface area contributed by atoms with Gasteiger partial charge in [0.15, 0.2) is 0 Å². The first-order chi connectivity index (χ1) is 10.5. The first-order valence-electron chi connectivity index (χ1n) is 7.71. The molecule has 1 N–H and O–H groups in total. The number of ether oxygens (including phenoxy) is 1. The fourth-order valence-corrected chi connectivity index (χ4v) is 1.85. The van der Waals surface area contributed by atoms with Gasteiger partial charge < -0.3 is 10.1 Å². The van der Waals surface area contributed by atoms with Crippen molar-refractivity contribution in [3.8, 4) is 5.88 Å². The third-order valence-electron chi connectivity index (χ3n) is 2.91. The molecule has 0 amide bonds. The van der Waals surface area contributed by atoms with Crippen LogP contribution < -0.4 is 10.1 Å². The number of rotatable bonds is 4. The van der Waals surface area contributed by atoms with Gasteiger partial charge in [0.05, 0.1) is 11.7 Å². The number of nitrogens with one attached hydrogen (secondary N) is 1. The van der Waals surface area contributed by atoms with E-state index in [0.717, 1.165) is 11.4 Å². The summed E-state index contributed by atoms with van der Waals surface area (Å²) < 4.78 is 7.57. The molecule has 7 nitrogen and oxygen atoms in total. The van der Waals surface area contributed by atoms with E-state index in [1.54, 1.807) is 0 Å². The van der Waals surface area contributed by atoms with Crippen LogP contribution in [-0.2, 0) is 12.1 Å². The lowest BCUT2D eigenvalue weighted by Gasteiger charge is -2.20. The summed E-state index contributed by atoms with van der Waals surface area (Å²) in [6.07, 6.45) is 1.89. The standard InChI is InChI=1S/C16H26N6O/c1-11-8-13(18-14(17-11)19-15(2,3)4)23-10-12-9-22(21-20-12)16(5,6)7/h8-9H,10H2,1-7H3,(H,17,18,19). The van der Waals surface area contributed by atoms with Crippen LogP contribution in [0.3, 0.4) is 0 Å². The van der Waals surface area contributed by atoms with Gasteiger partial charge in [-0.05, 0) is 48.5 Å². The van der Waals surface area contributed by atoms with E-state index < -0.39 is 0 Å². The van der Waals surface area contributed by atoms with Crippen LogP contribution in [0, 0.1) is 6.92 Å². The van der Waals surface area contributed by atoms with Crippen LogP contribution >= 0.6 is 0 Å². The normalized spacial score (nSPS) is 12.3. The first-order valence-corrected chi connectivity index (χ1v) is 7.71. The van der Waals surface area contributed by atoms with Crippen LogP contribution in [0.4, 0.5) is 5.95 Å². The molecule has 2 aromatic heterocycles. The fraction of sp³-hybridized carbons (Fsp3) is 0.625. The maximum Gasteiger partial charge on any atom is 0.226 e. The Bertz CT molecular complexity index is 666. The molecule has 0 atom stereocenters. The molecule has 0 spiro atoms. The van der Waals surface area contributed by atoms with E-state index in [1.807, 2.05) is 23.9 Å². The van der Waals surface area contributed by atoms with Gasteiger partial charge in [-0.2, -0.15) is 4.98 Å². The largest absolute Gasteiger partial charge is 0.471 e. The summed E-state index contributed by atoms with van der Waals surface area (Å²) in [5.74, 6) is 1.08. The van der Waals surface area contributed by atoms with Gasteiger partial charge in [0.2, 0.25) is 11.8 Å². The summed E-state index contributed by atoms with van der Waals surface area (Å²) in [6.45, 7) is 14.6. The highest BCUT2D eigenvalue weighted by molar-refractivity contribution is 5.32. The van der Waals surface area contributed by atoms with Crippen molar-refractivity contribution in [1.82, 2.24) is 25.0 Å². The summed E-state index contributed by atoms with van der Waals surface area (Å²) in [5.41, 5.74) is 1.41. The molecule has 0 aliphatic heterocycles. The van der Waals surface area contributed by atoms with Crippen LogP contribution in [0.25, 0.3) is 0 Å². The van der Waals surface area contributed by atoms with Crippen LogP contribution in [-0.4, -0.2) is 30.5 Å². The van der Waals surface area contributed by atoms with Crippen molar-refractivity contribution in [3.05, 3.63) is 23.7 Å². The fourth-order valence-electron chi connectivity index (χ4n) is 1.85. The second-order valence-electron chi connectivity index (χ2n) is 7.66. The van der Waals surface area contributed by atoms with Crippen molar-refractivity contribution < 1.29 is 4.74 Å². The van der Waals surface area contributed by atoms with Crippen molar-refractivity contribution in [2.45, 2.75) is 66.2 Å². The highest BCUT2D eigenvalue weighted by Gasteiger charge is 2.16. The van der Waals surface area contributed by atoms with Gasteiger partial charge in [-0.25, -0.2) is 9.67 Å². The zero-order valence-corrected chi connectivity index (χ0v) is 15.0. The summed E-state index contributed by atoms with van der Waals surface area (Å²) in [7, 11) is 0. The summed E-state index contributed by atoms with van der Waals surface area (Å²) in [5, 5.41) is 11.5. The molecule has 7 heteroatoms. The Morgan fingerprint density at radius 2 is 1.83 bits per heavy atom. The van der Waals surface area contributed by atoms with Crippen molar-refractivity contribution >= 4 is 5.95 Å². The molecule has 2 rings (SSSR count). The molecule has 126 valence electrons. The number of hydrogen-bond donors (Lipinski definition) is 1. The monoisotopic (exact) mass is 318 g/mol. The average Bonchev–Trinajstić information content (AvgIpc) is 2.82. The molecule has 0 unspecified atom stereocenters. The third kappa shape index (κ3) is 5.19. The molecular weight excluding hydrogens is 292 g/mol. The van der Waals surface area contributed by atoms with Gasteiger partial charge in [-0.15, -0.1) is 5.10 Å². The Kier molecular flexibility index (Phi) is 4.58. The molecule has 0 aliphatic rings. The molecule has 2 heterocycles. The predicted molar refractivity (Wildman–Crippen MR) is 89.5 cm³/mol. The maximum atomic E-state index is 5.75. The van der Waals surface area contributed by atoms with E-state index in [4.69, 9.17) is 4.74 Å². The summed E-state index contributed by atoms with van der Waals surface area (Å²) in [4.78, 5) is 8.77.